The Labute approximate surface area is 136 Å². The molecule has 1 atom stereocenters. The molecule has 1 aliphatic heterocycles. The molecule has 1 heterocycles. The number of nitrogens with one attached hydrogen (secondary N) is 1. The first kappa shape index (κ1) is 14.9. The predicted molar refractivity (Wildman–Crippen MR) is 89.0 cm³/mol. The highest BCUT2D eigenvalue weighted by atomic mass is 79.9. The quantitative estimate of drug-likeness (QED) is 0.850. The van der Waals surface area contributed by atoms with Crippen LogP contribution in [0.4, 0.5) is 5.69 Å². The molecule has 0 fully saturated rings. The van der Waals surface area contributed by atoms with E-state index in [4.69, 9.17) is 5.14 Å². The summed E-state index contributed by atoms with van der Waals surface area (Å²) in [6.07, 6.45) is 0. The van der Waals surface area contributed by atoms with E-state index in [9.17, 15) is 8.42 Å². The van der Waals surface area contributed by atoms with Gasteiger partial charge in [0, 0.05) is 20.8 Å². The number of hydrogen-bond donors (Lipinski definition) is 2. The first-order chi connectivity index (χ1) is 9.95. The van der Waals surface area contributed by atoms with Crippen molar-refractivity contribution in [2.75, 3.05) is 11.1 Å². The number of halogens is 1. The molecule has 1 aliphatic rings. The smallest absolute Gasteiger partial charge is 0.238 e. The maximum atomic E-state index is 11.3. The van der Waals surface area contributed by atoms with E-state index in [1.807, 2.05) is 23.9 Å². The molecule has 2 aromatic carbocycles. The first-order valence-electron chi connectivity index (χ1n) is 6.26. The molecule has 3 rings (SSSR count). The van der Waals surface area contributed by atoms with Gasteiger partial charge in [-0.15, -0.1) is 11.8 Å². The Morgan fingerprint density at radius 3 is 2.71 bits per heavy atom. The molecule has 2 aromatic rings. The second kappa shape index (κ2) is 5.64. The minimum Gasteiger partial charge on any atom is -0.376 e. The SMILES string of the molecule is NS(=O)(=O)c1ccc(NC2CSc3ccccc32)c(Br)c1. The number of hydrogen-bond acceptors (Lipinski definition) is 4. The van der Waals surface area contributed by atoms with E-state index in [1.54, 1.807) is 6.07 Å². The highest BCUT2D eigenvalue weighted by Gasteiger charge is 2.23. The van der Waals surface area contributed by atoms with Crippen molar-refractivity contribution in [3.05, 3.63) is 52.5 Å². The molecular formula is C14H13BrN2O2S2. The van der Waals surface area contributed by atoms with Gasteiger partial charge >= 0.3 is 0 Å². The molecule has 0 saturated carbocycles. The number of sulfonamides is 1. The van der Waals surface area contributed by atoms with E-state index in [2.05, 4.69) is 33.4 Å². The molecule has 0 spiro atoms. The Bertz CT molecular complexity index is 793. The van der Waals surface area contributed by atoms with Gasteiger partial charge in [0.25, 0.3) is 0 Å². The van der Waals surface area contributed by atoms with Gasteiger partial charge in [0.2, 0.25) is 10.0 Å². The van der Waals surface area contributed by atoms with Gasteiger partial charge in [-0.25, -0.2) is 13.6 Å². The van der Waals surface area contributed by atoms with Crippen molar-refractivity contribution in [3.8, 4) is 0 Å². The number of thioether (sulfide) groups is 1. The summed E-state index contributed by atoms with van der Waals surface area (Å²) in [6.45, 7) is 0. The van der Waals surface area contributed by atoms with Gasteiger partial charge in [0.1, 0.15) is 0 Å². The lowest BCUT2D eigenvalue weighted by molar-refractivity contribution is 0.598. The van der Waals surface area contributed by atoms with E-state index >= 15 is 0 Å². The number of primary sulfonamides is 1. The number of rotatable bonds is 3. The fourth-order valence-electron chi connectivity index (χ4n) is 2.26. The van der Waals surface area contributed by atoms with Gasteiger partial charge < -0.3 is 5.32 Å². The van der Waals surface area contributed by atoms with Gasteiger partial charge in [0.15, 0.2) is 0 Å². The molecule has 0 aromatic heterocycles. The van der Waals surface area contributed by atoms with E-state index in [0.29, 0.717) is 4.47 Å². The van der Waals surface area contributed by atoms with E-state index < -0.39 is 10.0 Å². The zero-order chi connectivity index (χ0) is 15.0. The number of benzene rings is 2. The highest BCUT2D eigenvalue weighted by Crippen LogP contribution is 2.40. The molecule has 7 heteroatoms. The van der Waals surface area contributed by atoms with Crippen LogP contribution in [0.25, 0.3) is 0 Å². The van der Waals surface area contributed by atoms with Gasteiger partial charge in [-0.2, -0.15) is 0 Å². The van der Waals surface area contributed by atoms with Crippen LogP contribution >= 0.6 is 27.7 Å². The van der Waals surface area contributed by atoms with Gasteiger partial charge in [-0.05, 0) is 45.8 Å². The lowest BCUT2D eigenvalue weighted by Crippen LogP contribution is -2.13. The lowest BCUT2D eigenvalue weighted by Gasteiger charge is -2.16. The van der Waals surface area contributed by atoms with Crippen molar-refractivity contribution in [2.24, 2.45) is 5.14 Å². The minimum absolute atomic E-state index is 0.0983. The first-order valence-corrected chi connectivity index (χ1v) is 9.58. The fourth-order valence-corrected chi connectivity index (χ4v) is 4.61. The normalized spacial score (nSPS) is 17.5. The highest BCUT2D eigenvalue weighted by molar-refractivity contribution is 9.10. The van der Waals surface area contributed by atoms with Crippen molar-refractivity contribution >= 4 is 43.4 Å². The third-order valence-electron chi connectivity index (χ3n) is 3.30. The fraction of sp³-hybridized carbons (Fsp3) is 0.143. The summed E-state index contributed by atoms with van der Waals surface area (Å²) in [4.78, 5) is 1.38. The monoisotopic (exact) mass is 384 g/mol. The average Bonchev–Trinajstić information content (AvgIpc) is 2.83. The molecule has 110 valence electrons. The molecule has 0 aliphatic carbocycles. The zero-order valence-corrected chi connectivity index (χ0v) is 14.1. The third kappa shape index (κ3) is 3.11. The van der Waals surface area contributed by atoms with Gasteiger partial charge in [-0.3, -0.25) is 0 Å². The van der Waals surface area contributed by atoms with Crippen LogP contribution in [0.3, 0.4) is 0 Å². The standard InChI is InChI=1S/C14H13BrN2O2S2/c15-11-7-9(21(16,18)19)5-6-12(11)17-13-8-20-14-4-2-1-3-10(13)14/h1-7,13,17H,8H2,(H2,16,18,19). The number of fused-ring (bicyclic) bond motifs is 1. The van der Waals surface area contributed by atoms with Crippen molar-refractivity contribution in [1.29, 1.82) is 0 Å². The van der Waals surface area contributed by atoms with Crippen LogP contribution in [-0.4, -0.2) is 14.2 Å². The molecule has 21 heavy (non-hydrogen) atoms. The number of nitrogens with two attached hydrogens (primary N) is 1. The number of anilines is 1. The van der Waals surface area contributed by atoms with Crippen molar-refractivity contribution in [2.45, 2.75) is 15.8 Å². The molecule has 0 radical (unpaired) electrons. The largest absolute Gasteiger partial charge is 0.376 e. The molecule has 0 saturated heterocycles. The van der Waals surface area contributed by atoms with E-state index in [1.165, 1.54) is 22.6 Å². The summed E-state index contributed by atoms with van der Waals surface area (Å²) in [7, 11) is -3.68. The Kier molecular flexibility index (Phi) is 4.00. The molecule has 0 amide bonds. The van der Waals surface area contributed by atoms with E-state index in [-0.39, 0.29) is 10.9 Å². The topological polar surface area (TPSA) is 72.2 Å². The average molecular weight is 385 g/mol. The predicted octanol–water partition coefficient (Wildman–Crippen LogP) is 3.36. The van der Waals surface area contributed by atoms with Crippen LogP contribution in [0.1, 0.15) is 11.6 Å². The van der Waals surface area contributed by atoms with Crippen molar-refractivity contribution in [3.63, 3.8) is 0 Å². The molecule has 1 unspecified atom stereocenters. The van der Waals surface area contributed by atoms with Crippen LogP contribution in [0, 0.1) is 0 Å². The van der Waals surface area contributed by atoms with Gasteiger partial charge in [0.05, 0.1) is 10.9 Å². The summed E-state index contributed by atoms with van der Waals surface area (Å²) in [5.41, 5.74) is 2.12. The van der Waals surface area contributed by atoms with Crippen LogP contribution in [0.15, 0.2) is 56.7 Å². The summed E-state index contributed by atoms with van der Waals surface area (Å²) in [5.74, 6) is 0.947. The van der Waals surface area contributed by atoms with Crippen LogP contribution in [0.2, 0.25) is 0 Å². The maximum absolute atomic E-state index is 11.3. The zero-order valence-electron chi connectivity index (χ0n) is 10.9. The van der Waals surface area contributed by atoms with Crippen LogP contribution < -0.4 is 10.5 Å². The Balaban J connectivity index is 1.87. The molecular weight excluding hydrogens is 372 g/mol. The maximum Gasteiger partial charge on any atom is 0.238 e. The van der Waals surface area contributed by atoms with Crippen LogP contribution in [-0.2, 0) is 10.0 Å². The Morgan fingerprint density at radius 2 is 2.00 bits per heavy atom. The van der Waals surface area contributed by atoms with E-state index in [0.717, 1.165) is 11.4 Å². The Morgan fingerprint density at radius 1 is 1.24 bits per heavy atom. The van der Waals surface area contributed by atoms with Crippen molar-refractivity contribution in [1.82, 2.24) is 0 Å². The summed E-state index contributed by atoms with van der Waals surface area (Å²) in [6, 6.07) is 13.3. The second-order valence-electron chi connectivity index (χ2n) is 4.73. The minimum atomic E-state index is -3.68. The molecule has 0 bridgehead atoms. The second-order valence-corrected chi connectivity index (χ2v) is 8.21. The van der Waals surface area contributed by atoms with Crippen LogP contribution in [0.5, 0.6) is 0 Å². The summed E-state index contributed by atoms with van der Waals surface area (Å²) < 4.78 is 23.4. The molecule has 4 nitrogen and oxygen atoms in total. The van der Waals surface area contributed by atoms with Crippen molar-refractivity contribution < 1.29 is 8.42 Å². The summed E-state index contributed by atoms with van der Waals surface area (Å²) in [5, 5.41) is 8.57. The molecule has 3 N–H and O–H groups in total. The Hall–Kier alpha value is -1.02. The summed E-state index contributed by atoms with van der Waals surface area (Å²) >= 11 is 5.21. The van der Waals surface area contributed by atoms with Gasteiger partial charge in [-0.1, -0.05) is 18.2 Å². The third-order valence-corrected chi connectivity index (χ3v) is 6.05. The lowest BCUT2D eigenvalue weighted by atomic mass is 10.1.